The van der Waals surface area contributed by atoms with Crippen molar-refractivity contribution in [1.29, 1.82) is 0 Å². The quantitative estimate of drug-likeness (QED) is 0.886. The Labute approximate surface area is 121 Å². The summed E-state index contributed by atoms with van der Waals surface area (Å²) in [7, 11) is 0. The van der Waals surface area contributed by atoms with Crippen LogP contribution in [0, 0.1) is 11.6 Å². The lowest BCUT2D eigenvalue weighted by molar-refractivity contribution is -0.136. The molecule has 0 bridgehead atoms. The number of nitrogens with zero attached hydrogens (tertiary/aromatic N) is 1. The highest BCUT2D eigenvalue weighted by Gasteiger charge is 2.12. The third-order valence-corrected chi connectivity index (χ3v) is 3.09. The normalized spacial score (nSPS) is 10.4. The van der Waals surface area contributed by atoms with Gasteiger partial charge in [-0.2, -0.15) is 0 Å². The highest BCUT2D eigenvalue weighted by atomic mass is 19.1. The Morgan fingerprint density at radius 3 is 2.52 bits per heavy atom. The molecule has 0 aliphatic rings. The molecule has 0 aliphatic carbocycles. The highest BCUT2D eigenvalue weighted by Crippen LogP contribution is 2.20. The molecule has 5 heteroatoms. The molecule has 3 nitrogen and oxygen atoms in total. The zero-order chi connectivity index (χ0) is 15.2. The fraction of sp³-hybridized carbons (Fsp3) is 0.188. The van der Waals surface area contributed by atoms with E-state index in [-0.39, 0.29) is 25.3 Å². The van der Waals surface area contributed by atoms with Gasteiger partial charge in [-0.3, -0.25) is 4.79 Å². The van der Waals surface area contributed by atoms with Gasteiger partial charge in [-0.25, -0.2) is 8.78 Å². The Bertz CT molecular complexity index is 631. The maximum atomic E-state index is 13.7. The van der Waals surface area contributed by atoms with Crippen LogP contribution >= 0.6 is 0 Å². The van der Waals surface area contributed by atoms with Crippen molar-refractivity contribution in [3.63, 3.8) is 0 Å². The van der Waals surface area contributed by atoms with Crippen LogP contribution in [0.2, 0.25) is 0 Å². The summed E-state index contributed by atoms with van der Waals surface area (Å²) >= 11 is 0. The SMILES string of the molecule is O=C(O)CCN(Cc1ccccc1F)c1cccc(F)c1. The molecule has 0 fully saturated rings. The van der Waals surface area contributed by atoms with Crippen LogP contribution in [-0.4, -0.2) is 17.6 Å². The van der Waals surface area contributed by atoms with Crippen LogP contribution in [-0.2, 0) is 11.3 Å². The van der Waals surface area contributed by atoms with Gasteiger partial charge in [-0.1, -0.05) is 24.3 Å². The summed E-state index contributed by atoms with van der Waals surface area (Å²) in [4.78, 5) is 12.4. The summed E-state index contributed by atoms with van der Waals surface area (Å²) in [6.45, 7) is 0.358. The number of halogens is 2. The molecule has 0 aliphatic heterocycles. The molecule has 0 heterocycles. The van der Waals surface area contributed by atoms with E-state index in [0.29, 0.717) is 11.3 Å². The molecular weight excluding hydrogens is 276 g/mol. The van der Waals surface area contributed by atoms with Gasteiger partial charge < -0.3 is 10.0 Å². The van der Waals surface area contributed by atoms with Crippen molar-refractivity contribution in [2.75, 3.05) is 11.4 Å². The minimum atomic E-state index is -0.954. The van der Waals surface area contributed by atoms with Crippen molar-refractivity contribution in [1.82, 2.24) is 0 Å². The van der Waals surface area contributed by atoms with Gasteiger partial charge in [-0.15, -0.1) is 0 Å². The molecule has 0 unspecified atom stereocenters. The lowest BCUT2D eigenvalue weighted by Crippen LogP contribution is -2.26. The van der Waals surface area contributed by atoms with Gasteiger partial charge in [0.15, 0.2) is 0 Å². The van der Waals surface area contributed by atoms with E-state index in [4.69, 9.17) is 5.11 Å². The second-order valence-electron chi connectivity index (χ2n) is 4.64. The minimum Gasteiger partial charge on any atom is -0.481 e. The van der Waals surface area contributed by atoms with Gasteiger partial charge in [-0.05, 0) is 24.3 Å². The van der Waals surface area contributed by atoms with E-state index in [0.717, 1.165) is 0 Å². The lowest BCUT2D eigenvalue weighted by atomic mass is 10.1. The molecule has 2 aromatic carbocycles. The van der Waals surface area contributed by atoms with E-state index < -0.39 is 11.8 Å². The van der Waals surface area contributed by atoms with E-state index in [9.17, 15) is 13.6 Å². The number of hydrogen-bond donors (Lipinski definition) is 1. The first-order valence-corrected chi connectivity index (χ1v) is 6.52. The van der Waals surface area contributed by atoms with Gasteiger partial charge in [0.1, 0.15) is 11.6 Å². The average molecular weight is 291 g/mol. The lowest BCUT2D eigenvalue weighted by Gasteiger charge is -2.24. The Hall–Kier alpha value is -2.43. The number of anilines is 1. The number of carboxylic acids is 1. The fourth-order valence-corrected chi connectivity index (χ4v) is 2.04. The summed E-state index contributed by atoms with van der Waals surface area (Å²) < 4.78 is 27.1. The minimum absolute atomic E-state index is 0.106. The third kappa shape index (κ3) is 4.27. The zero-order valence-electron chi connectivity index (χ0n) is 11.3. The Morgan fingerprint density at radius 1 is 1.10 bits per heavy atom. The molecule has 0 saturated carbocycles. The van der Waals surface area contributed by atoms with Crippen LogP contribution in [0.4, 0.5) is 14.5 Å². The highest BCUT2D eigenvalue weighted by molar-refractivity contribution is 5.67. The van der Waals surface area contributed by atoms with Crippen molar-refractivity contribution >= 4 is 11.7 Å². The van der Waals surface area contributed by atoms with Crippen molar-refractivity contribution < 1.29 is 18.7 Å². The van der Waals surface area contributed by atoms with Gasteiger partial charge >= 0.3 is 5.97 Å². The summed E-state index contributed by atoms with van der Waals surface area (Å²) in [6.07, 6.45) is -0.106. The molecule has 1 N–H and O–H groups in total. The number of carboxylic acid groups (broad SMARTS) is 1. The van der Waals surface area contributed by atoms with E-state index in [1.54, 1.807) is 35.2 Å². The largest absolute Gasteiger partial charge is 0.481 e. The smallest absolute Gasteiger partial charge is 0.305 e. The number of carbonyl (C=O) groups is 1. The van der Waals surface area contributed by atoms with Crippen molar-refractivity contribution in [2.45, 2.75) is 13.0 Å². The summed E-state index contributed by atoms with van der Waals surface area (Å²) in [5, 5.41) is 8.81. The summed E-state index contributed by atoms with van der Waals surface area (Å²) in [6, 6.07) is 12.1. The topological polar surface area (TPSA) is 40.5 Å². The number of benzene rings is 2. The number of aliphatic carboxylic acids is 1. The molecule has 2 aromatic rings. The summed E-state index contributed by atoms with van der Waals surface area (Å²) in [5.74, 6) is -1.74. The van der Waals surface area contributed by atoms with Crippen LogP contribution in [0.3, 0.4) is 0 Å². The monoisotopic (exact) mass is 291 g/mol. The van der Waals surface area contributed by atoms with Crippen molar-refractivity contribution in [3.8, 4) is 0 Å². The molecule has 110 valence electrons. The van der Waals surface area contributed by atoms with Gasteiger partial charge in [0, 0.05) is 24.3 Å². The Morgan fingerprint density at radius 2 is 1.86 bits per heavy atom. The zero-order valence-corrected chi connectivity index (χ0v) is 11.3. The van der Waals surface area contributed by atoms with Gasteiger partial charge in [0.25, 0.3) is 0 Å². The van der Waals surface area contributed by atoms with E-state index in [2.05, 4.69) is 0 Å². The van der Waals surface area contributed by atoms with E-state index in [1.165, 1.54) is 18.2 Å². The van der Waals surface area contributed by atoms with Crippen LogP contribution < -0.4 is 4.90 Å². The van der Waals surface area contributed by atoms with Crippen molar-refractivity contribution in [3.05, 3.63) is 65.7 Å². The molecular formula is C16H15F2NO2. The van der Waals surface area contributed by atoms with Crippen molar-refractivity contribution in [2.24, 2.45) is 0 Å². The standard InChI is InChI=1S/C16H15F2NO2/c17-13-5-3-6-14(10-13)19(9-8-16(20)21)11-12-4-1-2-7-15(12)18/h1-7,10H,8-9,11H2,(H,20,21). The first-order chi connectivity index (χ1) is 10.1. The molecule has 0 aromatic heterocycles. The van der Waals surface area contributed by atoms with Crippen LogP contribution in [0.1, 0.15) is 12.0 Å². The molecule has 2 rings (SSSR count). The molecule has 0 saturated heterocycles. The second-order valence-corrected chi connectivity index (χ2v) is 4.64. The predicted molar refractivity (Wildman–Crippen MR) is 76.1 cm³/mol. The first kappa shape index (κ1) is 15.0. The molecule has 0 atom stereocenters. The van der Waals surface area contributed by atoms with Crippen LogP contribution in [0.15, 0.2) is 48.5 Å². The van der Waals surface area contributed by atoms with Gasteiger partial charge in [0.2, 0.25) is 0 Å². The molecule has 0 amide bonds. The third-order valence-electron chi connectivity index (χ3n) is 3.09. The molecule has 0 radical (unpaired) electrons. The summed E-state index contributed by atoms with van der Waals surface area (Å²) in [5.41, 5.74) is 0.964. The Kier molecular flexibility index (Phi) is 4.87. The Balaban J connectivity index is 2.23. The number of rotatable bonds is 6. The fourth-order valence-electron chi connectivity index (χ4n) is 2.04. The molecule has 21 heavy (non-hydrogen) atoms. The van der Waals surface area contributed by atoms with Gasteiger partial charge in [0.05, 0.1) is 6.42 Å². The van der Waals surface area contributed by atoms with E-state index in [1.807, 2.05) is 0 Å². The van der Waals surface area contributed by atoms with Crippen LogP contribution in [0.5, 0.6) is 0 Å². The van der Waals surface area contributed by atoms with Crippen LogP contribution in [0.25, 0.3) is 0 Å². The maximum absolute atomic E-state index is 13.7. The first-order valence-electron chi connectivity index (χ1n) is 6.52. The molecule has 0 spiro atoms. The average Bonchev–Trinajstić information content (AvgIpc) is 2.45. The predicted octanol–water partition coefficient (Wildman–Crippen LogP) is 3.45. The number of hydrogen-bond acceptors (Lipinski definition) is 2. The maximum Gasteiger partial charge on any atom is 0.305 e. The second kappa shape index (κ2) is 6.83. The van der Waals surface area contributed by atoms with E-state index >= 15 is 0 Å².